The first-order chi connectivity index (χ1) is 9.21. The summed E-state index contributed by atoms with van der Waals surface area (Å²) in [5.74, 6) is 8.32. The maximum absolute atomic E-state index is 5.43. The second kappa shape index (κ2) is 6.68. The standard InChI is InChI=1S/C13H23N5O/c1-9-3-5-10(6-4-9)15-11-7-12(18-14)17-13(16-11)8-19-2/h7,9-10H,3-6,8,14H2,1-2H3,(H2,15,16,17,18). The van der Waals surface area contributed by atoms with Crippen molar-refractivity contribution in [3.8, 4) is 0 Å². The minimum Gasteiger partial charge on any atom is -0.377 e. The zero-order valence-electron chi connectivity index (χ0n) is 11.6. The zero-order chi connectivity index (χ0) is 13.7. The van der Waals surface area contributed by atoms with Gasteiger partial charge in [-0.25, -0.2) is 15.8 Å². The summed E-state index contributed by atoms with van der Waals surface area (Å²) in [5.41, 5.74) is 2.56. The molecule has 4 N–H and O–H groups in total. The van der Waals surface area contributed by atoms with Gasteiger partial charge in [-0.15, -0.1) is 0 Å². The topological polar surface area (TPSA) is 85.1 Å². The molecule has 2 rings (SSSR count). The van der Waals surface area contributed by atoms with E-state index in [-0.39, 0.29) is 0 Å². The van der Waals surface area contributed by atoms with Crippen molar-refractivity contribution in [2.75, 3.05) is 17.9 Å². The van der Waals surface area contributed by atoms with E-state index in [0.29, 0.717) is 24.3 Å². The normalized spacial score (nSPS) is 23.1. The quantitative estimate of drug-likeness (QED) is 0.557. The lowest BCUT2D eigenvalue weighted by Gasteiger charge is -2.27. The van der Waals surface area contributed by atoms with Gasteiger partial charge in [0.25, 0.3) is 0 Å². The van der Waals surface area contributed by atoms with Gasteiger partial charge in [-0.2, -0.15) is 0 Å². The van der Waals surface area contributed by atoms with Gasteiger partial charge in [0.1, 0.15) is 18.2 Å². The van der Waals surface area contributed by atoms with Gasteiger partial charge in [0.15, 0.2) is 5.82 Å². The molecule has 0 radical (unpaired) electrons. The van der Waals surface area contributed by atoms with Crippen LogP contribution in [0.25, 0.3) is 0 Å². The Kier molecular flexibility index (Phi) is 4.93. The van der Waals surface area contributed by atoms with Gasteiger partial charge in [0.05, 0.1) is 0 Å². The molecule has 0 aromatic carbocycles. The minimum atomic E-state index is 0.381. The number of ether oxygens (including phenoxy) is 1. The number of nitrogens with zero attached hydrogens (tertiary/aromatic N) is 2. The summed E-state index contributed by atoms with van der Waals surface area (Å²) in [5, 5.41) is 3.47. The molecule has 1 aromatic rings. The van der Waals surface area contributed by atoms with Gasteiger partial charge in [-0.05, 0) is 31.6 Å². The highest BCUT2D eigenvalue weighted by molar-refractivity contribution is 5.47. The van der Waals surface area contributed by atoms with Crippen molar-refractivity contribution in [1.29, 1.82) is 0 Å². The van der Waals surface area contributed by atoms with Crippen LogP contribution in [0.5, 0.6) is 0 Å². The smallest absolute Gasteiger partial charge is 0.158 e. The number of nitrogens with one attached hydrogen (secondary N) is 2. The molecule has 0 spiro atoms. The SMILES string of the molecule is COCc1nc(NN)cc(NC2CCC(C)CC2)n1. The lowest BCUT2D eigenvalue weighted by atomic mass is 9.87. The average molecular weight is 265 g/mol. The van der Waals surface area contributed by atoms with Gasteiger partial charge < -0.3 is 15.5 Å². The summed E-state index contributed by atoms with van der Waals surface area (Å²) in [6.45, 7) is 2.69. The van der Waals surface area contributed by atoms with Crippen LogP contribution in [0.4, 0.5) is 11.6 Å². The number of methoxy groups -OCH3 is 1. The van der Waals surface area contributed by atoms with Crippen molar-refractivity contribution in [2.24, 2.45) is 11.8 Å². The van der Waals surface area contributed by atoms with Crippen LogP contribution in [0.3, 0.4) is 0 Å². The van der Waals surface area contributed by atoms with Crippen LogP contribution in [-0.4, -0.2) is 23.1 Å². The number of aromatic nitrogens is 2. The summed E-state index contributed by atoms with van der Waals surface area (Å²) in [4.78, 5) is 8.68. The maximum atomic E-state index is 5.43. The molecule has 1 heterocycles. The van der Waals surface area contributed by atoms with Gasteiger partial charge >= 0.3 is 0 Å². The van der Waals surface area contributed by atoms with E-state index >= 15 is 0 Å². The lowest BCUT2D eigenvalue weighted by molar-refractivity contribution is 0.178. The molecule has 6 nitrogen and oxygen atoms in total. The third-order valence-corrected chi connectivity index (χ3v) is 3.56. The van der Waals surface area contributed by atoms with E-state index in [1.807, 2.05) is 6.07 Å². The Hall–Kier alpha value is -1.40. The predicted octanol–water partition coefficient (Wildman–Crippen LogP) is 1.90. The number of hydrazine groups is 1. The van der Waals surface area contributed by atoms with Crippen LogP contribution in [0, 0.1) is 5.92 Å². The largest absolute Gasteiger partial charge is 0.377 e. The minimum absolute atomic E-state index is 0.381. The Morgan fingerprint density at radius 1 is 1.26 bits per heavy atom. The summed E-state index contributed by atoms with van der Waals surface area (Å²) in [6.07, 6.45) is 4.93. The zero-order valence-corrected chi connectivity index (χ0v) is 11.6. The third kappa shape index (κ3) is 4.04. The van der Waals surface area contributed by atoms with E-state index in [9.17, 15) is 0 Å². The number of nitrogen functional groups attached to an aromatic ring is 1. The number of hydrogen-bond donors (Lipinski definition) is 3. The molecule has 1 aromatic heterocycles. The first-order valence-corrected chi connectivity index (χ1v) is 6.81. The fourth-order valence-electron chi connectivity index (χ4n) is 2.45. The van der Waals surface area contributed by atoms with Gasteiger partial charge in [-0.3, -0.25) is 0 Å². The Labute approximate surface area is 114 Å². The summed E-state index contributed by atoms with van der Waals surface area (Å²) in [7, 11) is 1.63. The molecular weight excluding hydrogens is 242 g/mol. The van der Waals surface area contributed by atoms with Crippen molar-refractivity contribution in [3.05, 3.63) is 11.9 Å². The van der Waals surface area contributed by atoms with Gasteiger partial charge in [0.2, 0.25) is 0 Å². The van der Waals surface area contributed by atoms with Crippen LogP contribution < -0.4 is 16.6 Å². The van der Waals surface area contributed by atoms with Crippen LogP contribution >= 0.6 is 0 Å². The Morgan fingerprint density at radius 3 is 2.58 bits per heavy atom. The van der Waals surface area contributed by atoms with Crippen LogP contribution in [0.2, 0.25) is 0 Å². The van der Waals surface area contributed by atoms with E-state index in [0.717, 1.165) is 11.7 Å². The van der Waals surface area contributed by atoms with Crippen LogP contribution in [0.15, 0.2) is 6.07 Å². The van der Waals surface area contributed by atoms with E-state index in [1.54, 1.807) is 7.11 Å². The molecule has 0 atom stereocenters. The van der Waals surface area contributed by atoms with Crippen molar-refractivity contribution in [1.82, 2.24) is 9.97 Å². The van der Waals surface area contributed by atoms with E-state index in [2.05, 4.69) is 27.6 Å². The fraction of sp³-hybridized carbons (Fsp3) is 0.692. The molecule has 6 heteroatoms. The summed E-state index contributed by atoms with van der Waals surface area (Å²) < 4.78 is 5.07. The molecule has 1 fully saturated rings. The van der Waals surface area contributed by atoms with Crippen molar-refractivity contribution < 1.29 is 4.74 Å². The molecule has 1 aliphatic carbocycles. The van der Waals surface area contributed by atoms with Crippen molar-refractivity contribution in [3.63, 3.8) is 0 Å². The fourth-order valence-corrected chi connectivity index (χ4v) is 2.45. The lowest BCUT2D eigenvalue weighted by Crippen LogP contribution is -2.26. The monoisotopic (exact) mass is 265 g/mol. The second-order valence-corrected chi connectivity index (χ2v) is 5.23. The first-order valence-electron chi connectivity index (χ1n) is 6.81. The summed E-state index contributed by atoms with van der Waals surface area (Å²) in [6, 6.07) is 2.32. The van der Waals surface area contributed by atoms with Crippen molar-refractivity contribution in [2.45, 2.75) is 45.3 Å². The van der Waals surface area contributed by atoms with Gasteiger partial charge in [0, 0.05) is 19.2 Å². The molecule has 0 amide bonds. The first kappa shape index (κ1) is 14.0. The molecule has 0 aliphatic heterocycles. The Bertz CT molecular complexity index is 404. The second-order valence-electron chi connectivity index (χ2n) is 5.23. The highest BCUT2D eigenvalue weighted by Crippen LogP contribution is 2.26. The molecule has 106 valence electrons. The van der Waals surface area contributed by atoms with E-state index < -0.39 is 0 Å². The highest BCUT2D eigenvalue weighted by Gasteiger charge is 2.18. The third-order valence-electron chi connectivity index (χ3n) is 3.56. The molecule has 0 bridgehead atoms. The number of rotatable bonds is 5. The molecule has 0 unspecified atom stereocenters. The van der Waals surface area contributed by atoms with E-state index in [4.69, 9.17) is 10.6 Å². The Balaban J connectivity index is 2.04. The molecule has 1 saturated carbocycles. The predicted molar refractivity (Wildman–Crippen MR) is 75.6 cm³/mol. The van der Waals surface area contributed by atoms with Crippen molar-refractivity contribution >= 4 is 11.6 Å². The number of hydrogen-bond acceptors (Lipinski definition) is 6. The number of anilines is 2. The summed E-state index contributed by atoms with van der Waals surface area (Å²) >= 11 is 0. The van der Waals surface area contributed by atoms with Crippen LogP contribution in [-0.2, 0) is 11.3 Å². The van der Waals surface area contributed by atoms with Crippen LogP contribution in [0.1, 0.15) is 38.4 Å². The molecule has 1 aliphatic rings. The Morgan fingerprint density at radius 2 is 1.95 bits per heavy atom. The average Bonchev–Trinajstić information content (AvgIpc) is 2.41. The van der Waals surface area contributed by atoms with Gasteiger partial charge in [-0.1, -0.05) is 6.92 Å². The molecule has 19 heavy (non-hydrogen) atoms. The maximum Gasteiger partial charge on any atom is 0.158 e. The molecular formula is C13H23N5O. The highest BCUT2D eigenvalue weighted by atomic mass is 16.5. The number of nitrogens with two attached hydrogens (primary N) is 1. The van der Waals surface area contributed by atoms with E-state index in [1.165, 1.54) is 25.7 Å². The molecule has 0 saturated heterocycles.